The Labute approximate surface area is 101 Å². The summed E-state index contributed by atoms with van der Waals surface area (Å²) in [5, 5.41) is 3.62. The second-order valence-corrected chi connectivity index (χ2v) is 6.20. The van der Waals surface area contributed by atoms with Gasteiger partial charge in [0.15, 0.2) is 0 Å². The molecule has 1 aliphatic carbocycles. The van der Waals surface area contributed by atoms with Crippen LogP contribution in [-0.4, -0.2) is 24.3 Å². The molecular weight excluding hydrogens is 198 g/mol. The molecule has 1 saturated carbocycles. The van der Waals surface area contributed by atoms with Gasteiger partial charge in [-0.2, -0.15) is 0 Å². The van der Waals surface area contributed by atoms with Crippen LogP contribution in [0.3, 0.4) is 0 Å². The second kappa shape index (κ2) is 6.02. The smallest absolute Gasteiger partial charge is 0.0806 e. The fourth-order valence-corrected chi connectivity index (χ4v) is 2.31. The Bertz CT molecular complexity index is 189. The summed E-state index contributed by atoms with van der Waals surface area (Å²) in [6.45, 7) is 10.8. The Balaban J connectivity index is 2.48. The van der Waals surface area contributed by atoms with Gasteiger partial charge in [-0.05, 0) is 40.0 Å². The molecule has 2 nitrogen and oxygen atoms in total. The minimum Gasteiger partial charge on any atom is -0.374 e. The first kappa shape index (κ1) is 14.0. The number of hydrogen-bond acceptors (Lipinski definition) is 2. The number of ether oxygens (including phenoxy) is 1. The molecule has 0 aromatic rings. The van der Waals surface area contributed by atoms with Crippen LogP contribution in [0.15, 0.2) is 0 Å². The molecule has 1 rings (SSSR count). The predicted octanol–water partition coefficient (Wildman–Crippen LogP) is 3.50. The Hall–Kier alpha value is -0.0800. The highest BCUT2D eigenvalue weighted by Crippen LogP contribution is 2.31. The normalized spacial score (nSPS) is 21.0. The van der Waals surface area contributed by atoms with Crippen molar-refractivity contribution in [2.75, 3.05) is 13.2 Å². The van der Waals surface area contributed by atoms with Gasteiger partial charge in [-0.15, -0.1) is 0 Å². The lowest BCUT2D eigenvalue weighted by Crippen LogP contribution is -2.50. The van der Waals surface area contributed by atoms with E-state index in [1.54, 1.807) is 0 Å². The fourth-order valence-electron chi connectivity index (χ4n) is 2.31. The SMILES string of the molecule is CCCOC1(CNC(C)(C)C)CCCCC1. The molecule has 0 amide bonds. The Morgan fingerprint density at radius 1 is 1.12 bits per heavy atom. The molecule has 0 unspecified atom stereocenters. The highest BCUT2D eigenvalue weighted by molar-refractivity contribution is 4.89. The summed E-state index contributed by atoms with van der Waals surface area (Å²) in [5.74, 6) is 0. The largest absolute Gasteiger partial charge is 0.374 e. The average molecular weight is 227 g/mol. The molecule has 0 spiro atoms. The summed E-state index contributed by atoms with van der Waals surface area (Å²) < 4.78 is 6.15. The Morgan fingerprint density at radius 3 is 2.25 bits per heavy atom. The molecule has 0 atom stereocenters. The quantitative estimate of drug-likeness (QED) is 0.776. The van der Waals surface area contributed by atoms with Crippen molar-refractivity contribution in [3.63, 3.8) is 0 Å². The maximum absolute atomic E-state index is 6.15. The van der Waals surface area contributed by atoms with Crippen molar-refractivity contribution in [2.45, 2.75) is 77.4 Å². The standard InChI is InChI=1S/C14H29NO/c1-5-11-16-14(9-7-6-8-10-14)12-15-13(2,3)4/h15H,5-12H2,1-4H3. The van der Waals surface area contributed by atoms with Gasteiger partial charge in [0.25, 0.3) is 0 Å². The molecule has 16 heavy (non-hydrogen) atoms. The first-order valence-electron chi connectivity index (χ1n) is 6.86. The molecule has 1 aliphatic rings. The first-order valence-corrected chi connectivity index (χ1v) is 6.86. The third-order valence-corrected chi connectivity index (χ3v) is 3.32. The molecule has 0 heterocycles. The monoisotopic (exact) mass is 227 g/mol. The summed E-state index contributed by atoms with van der Waals surface area (Å²) in [6, 6.07) is 0. The van der Waals surface area contributed by atoms with Crippen molar-refractivity contribution in [3.8, 4) is 0 Å². The van der Waals surface area contributed by atoms with Gasteiger partial charge in [-0.3, -0.25) is 0 Å². The van der Waals surface area contributed by atoms with E-state index in [0.29, 0.717) is 0 Å². The summed E-state index contributed by atoms with van der Waals surface area (Å²) in [7, 11) is 0. The van der Waals surface area contributed by atoms with Gasteiger partial charge >= 0.3 is 0 Å². The molecule has 2 heteroatoms. The van der Waals surface area contributed by atoms with Crippen LogP contribution < -0.4 is 5.32 Å². The molecule has 0 saturated heterocycles. The molecular formula is C14H29NO. The van der Waals surface area contributed by atoms with Crippen molar-refractivity contribution in [3.05, 3.63) is 0 Å². The number of hydrogen-bond donors (Lipinski definition) is 1. The molecule has 96 valence electrons. The molecule has 0 aromatic carbocycles. The summed E-state index contributed by atoms with van der Waals surface area (Å²) in [6.07, 6.45) is 7.63. The van der Waals surface area contributed by atoms with Crippen LogP contribution in [0.4, 0.5) is 0 Å². The zero-order valence-corrected chi connectivity index (χ0v) is 11.6. The minimum atomic E-state index is 0.127. The summed E-state index contributed by atoms with van der Waals surface area (Å²) in [4.78, 5) is 0. The van der Waals surface area contributed by atoms with E-state index in [1.807, 2.05) is 0 Å². The summed E-state index contributed by atoms with van der Waals surface area (Å²) in [5.41, 5.74) is 0.321. The fraction of sp³-hybridized carbons (Fsp3) is 1.00. The molecule has 0 bridgehead atoms. The highest BCUT2D eigenvalue weighted by atomic mass is 16.5. The van der Waals surface area contributed by atoms with Crippen LogP contribution in [-0.2, 0) is 4.74 Å². The van der Waals surface area contributed by atoms with Crippen LogP contribution in [0.2, 0.25) is 0 Å². The maximum Gasteiger partial charge on any atom is 0.0806 e. The predicted molar refractivity (Wildman–Crippen MR) is 69.8 cm³/mol. The Kier molecular flexibility index (Phi) is 5.26. The van der Waals surface area contributed by atoms with E-state index >= 15 is 0 Å². The number of rotatable bonds is 5. The molecule has 0 aliphatic heterocycles. The average Bonchev–Trinajstić information content (AvgIpc) is 2.24. The second-order valence-electron chi connectivity index (χ2n) is 6.20. The van der Waals surface area contributed by atoms with Crippen molar-refractivity contribution in [1.29, 1.82) is 0 Å². The van der Waals surface area contributed by atoms with Gasteiger partial charge < -0.3 is 10.1 Å². The van der Waals surface area contributed by atoms with Crippen LogP contribution in [0.25, 0.3) is 0 Å². The lowest BCUT2D eigenvalue weighted by molar-refractivity contribution is -0.0710. The van der Waals surface area contributed by atoms with Gasteiger partial charge in [0.05, 0.1) is 5.60 Å². The lowest BCUT2D eigenvalue weighted by Gasteiger charge is -2.39. The van der Waals surface area contributed by atoms with E-state index in [-0.39, 0.29) is 11.1 Å². The zero-order chi connectivity index (χ0) is 12.1. The van der Waals surface area contributed by atoms with Crippen molar-refractivity contribution in [1.82, 2.24) is 5.32 Å². The number of nitrogens with one attached hydrogen (secondary N) is 1. The van der Waals surface area contributed by atoms with Crippen molar-refractivity contribution >= 4 is 0 Å². The van der Waals surface area contributed by atoms with E-state index in [0.717, 1.165) is 19.6 Å². The minimum absolute atomic E-state index is 0.127. The van der Waals surface area contributed by atoms with Crippen molar-refractivity contribution in [2.24, 2.45) is 0 Å². The van der Waals surface area contributed by atoms with Gasteiger partial charge in [-0.1, -0.05) is 26.2 Å². The third kappa shape index (κ3) is 4.84. The van der Waals surface area contributed by atoms with Crippen LogP contribution in [0.1, 0.15) is 66.2 Å². The van der Waals surface area contributed by atoms with Crippen LogP contribution in [0.5, 0.6) is 0 Å². The van der Waals surface area contributed by atoms with E-state index in [9.17, 15) is 0 Å². The van der Waals surface area contributed by atoms with Gasteiger partial charge in [0, 0.05) is 18.7 Å². The van der Waals surface area contributed by atoms with Gasteiger partial charge in [-0.25, -0.2) is 0 Å². The lowest BCUT2D eigenvalue weighted by atomic mass is 9.84. The van der Waals surface area contributed by atoms with Crippen LogP contribution >= 0.6 is 0 Å². The summed E-state index contributed by atoms with van der Waals surface area (Å²) >= 11 is 0. The van der Waals surface area contributed by atoms with Crippen LogP contribution in [0, 0.1) is 0 Å². The van der Waals surface area contributed by atoms with Crippen molar-refractivity contribution < 1.29 is 4.74 Å². The van der Waals surface area contributed by atoms with Gasteiger partial charge in [0.2, 0.25) is 0 Å². The molecule has 1 N–H and O–H groups in total. The maximum atomic E-state index is 6.15. The third-order valence-electron chi connectivity index (χ3n) is 3.32. The first-order chi connectivity index (χ1) is 7.47. The van der Waals surface area contributed by atoms with E-state index in [2.05, 4.69) is 33.0 Å². The molecule has 1 fully saturated rings. The zero-order valence-electron chi connectivity index (χ0n) is 11.6. The molecule has 0 radical (unpaired) electrons. The highest BCUT2D eigenvalue weighted by Gasteiger charge is 2.33. The molecule has 0 aromatic heterocycles. The topological polar surface area (TPSA) is 21.3 Å². The van der Waals surface area contributed by atoms with Gasteiger partial charge in [0.1, 0.15) is 0 Å². The van der Waals surface area contributed by atoms with E-state index in [4.69, 9.17) is 4.74 Å². The Morgan fingerprint density at radius 2 is 1.75 bits per heavy atom. The van der Waals surface area contributed by atoms with E-state index < -0.39 is 0 Å². The van der Waals surface area contributed by atoms with E-state index in [1.165, 1.54) is 32.1 Å².